The van der Waals surface area contributed by atoms with Crippen molar-refractivity contribution in [2.45, 2.75) is 6.54 Å². The molecular weight excluding hydrogens is 352 g/mol. The topological polar surface area (TPSA) is 64.2 Å². The maximum absolute atomic E-state index is 12.7. The van der Waals surface area contributed by atoms with Crippen molar-refractivity contribution in [3.05, 3.63) is 35.4 Å². The van der Waals surface area contributed by atoms with E-state index in [0.29, 0.717) is 26.2 Å². The van der Waals surface area contributed by atoms with Gasteiger partial charge < -0.3 is 9.80 Å². The average molecular weight is 381 g/mol. The molecule has 3 rings (SSSR count). The number of amides is 1. The van der Waals surface area contributed by atoms with Crippen molar-refractivity contribution < 1.29 is 13.2 Å². The van der Waals surface area contributed by atoms with Gasteiger partial charge in [0.2, 0.25) is 10.0 Å². The minimum Gasteiger partial charge on any atom is -0.336 e. The Bertz CT molecular complexity index is 737. The third-order valence-corrected chi connectivity index (χ3v) is 6.47. The molecule has 2 heterocycles. The Morgan fingerprint density at radius 1 is 1.00 bits per heavy atom. The fraction of sp³-hybridized carbons (Fsp3) is 0.611. The lowest BCUT2D eigenvalue weighted by molar-refractivity contribution is 0.0664. The highest BCUT2D eigenvalue weighted by atomic mass is 32.2. The van der Waals surface area contributed by atoms with Crippen LogP contribution in [0.2, 0.25) is 0 Å². The van der Waals surface area contributed by atoms with E-state index >= 15 is 0 Å². The third-order valence-electron chi connectivity index (χ3n) is 5.17. The van der Waals surface area contributed by atoms with E-state index in [0.717, 1.165) is 43.9 Å². The van der Waals surface area contributed by atoms with Gasteiger partial charge in [-0.3, -0.25) is 9.69 Å². The molecule has 1 amide bonds. The summed E-state index contributed by atoms with van der Waals surface area (Å²) in [5.41, 5.74) is 1.83. The summed E-state index contributed by atoms with van der Waals surface area (Å²) in [5, 5.41) is 0. The summed E-state index contributed by atoms with van der Waals surface area (Å²) in [6, 6.07) is 7.82. The highest BCUT2D eigenvalue weighted by Gasteiger charge is 2.24. The van der Waals surface area contributed by atoms with Crippen LogP contribution in [0.1, 0.15) is 15.9 Å². The quantitative estimate of drug-likeness (QED) is 0.744. The molecule has 0 bridgehead atoms. The molecule has 2 aliphatic rings. The van der Waals surface area contributed by atoms with Gasteiger partial charge in [0, 0.05) is 64.5 Å². The smallest absolute Gasteiger partial charge is 0.253 e. The van der Waals surface area contributed by atoms with Crippen LogP contribution >= 0.6 is 0 Å². The Balaban J connectivity index is 1.59. The Hall–Kier alpha value is -1.48. The van der Waals surface area contributed by atoms with Gasteiger partial charge in [0.15, 0.2) is 0 Å². The molecule has 8 heteroatoms. The first-order chi connectivity index (χ1) is 12.3. The predicted molar refractivity (Wildman–Crippen MR) is 102 cm³/mol. The molecule has 0 spiro atoms. The zero-order valence-electron chi connectivity index (χ0n) is 15.6. The number of nitrogens with zero attached hydrogens (tertiary/aromatic N) is 4. The fourth-order valence-electron chi connectivity index (χ4n) is 3.47. The summed E-state index contributed by atoms with van der Waals surface area (Å²) < 4.78 is 24.7. The zero-order chi connectivity index (χ0) is 18.7. The van der Waals surface area contributed by atoms with Gasteiger partial charge in [0.25, 0.3) is 5.91 Å². The zero-order valence-corrected chi connectivity index (χ0v) is 16.4. The van der Waals surface area contributed by atoms with Crippen LogP contribution in [-0.2, 0) is 16.6 Å². The maximum atomic E-state index is 12.7. The third kappa shape index (κ3) is 4.82. The van der Waals surface area contributed by atoms with Crippen LogP contribution in [0, 0.1) is 0 Å². The number of carbonyl (C=O) groups excluding carboxylic acids is 1. The molecule has 0 radical (unpaired) electrons. The van der Waals surface area contributed by atoms with Crippen LogP contribution in [-0.4, -0.2) is 99.0 Å². The first-order valence-corrected chi connectivity index (χ1v) is 10.9. The van der Waals surface area contributed by atoms with E-state index < -0.39 is 10.0 Å². The molecule has 0 atom stereocenters. The van der Waals surface area contributed by atoms with Crippen molar-refractivity contribution in [2.75, 3.05) is 65.7 Å². The molecule has 26 heavy (non-hydrogen) atoms. The molecule has 2 fully saturated rings. The van der Waals surface area contributed by atoms with Crippen molar-refractivity contribution in [3.8, 4) is 0 Å². The molecule has 1 aromatic carbocycles. The van der Waals surface area contributed by atoms with Gasteiger partial charge in [-0.05, 0) is 24.7 Å². The second-order valence-electron chi connectivity index (χ2n) is 7.23. The minimum atomic E-state index is -3.10. The van der Waals surface area contributed by atoms with E-state index in [1.807, 2.05) is 29.2 Å². The van der Waals surface area contributed by atoms with Crippen LogP contribution < -0.4 is 0 Å². The van der Waals surface area contributed by atoms with Gasteiger partial charge >= 0.3 is 0 Å². The maximum Gasteiger partial charge on any atom is 0.253 e. The lowest BCUT2D eigenvalue weighted by Crippen LogP contribution is -2.48. The number of hydrogen-bond acceptors (Lipinski definition) is 5. The molecule has 0 aromatic heterocycles. The molecule has 144 valence electrons. The van der Waals surface area contributed by atoms with Gasteiger partial charge in [0.1, 0.15) is 0 Å². The summed E-state index contributed by atoms with van der Waals surface area (Å²) >= 11 is 0. The van der Waals surface area contributed by atoms with Crippen molar-refractivity contribution in [1.29, 1.82) is 0 Å². The van der Waals surface area contributed by atoms with Gasteiger partial charge in [0.05, 0.1) is 6.26 Å². The van der Waals surface area contributed by atoms with Gasteiger partial charge in [-0.25, -0.2) is 8.42 Å². The molecule has 0 N–H and O–H groups in total. The SMILES string of the molecule is CN1CCN(C(=O)c2cccc(CN3CCN(S(C)(=O)=O)CC3)c2)CC1. The summed E-state index contributed by atoms with van der Waals surface area (Å²) in [7, 11) is -1.03. The monoisotopic (exact) mass is 380 g/mol. The van der Waals surface area contributed by atoms with E-state index in [-0.39, 0.29) is 5.91 Å². The fourth-order valence-corrected chi connectivity index (χ4v) is 4.30. The van der Waals surface area contributed by atoms with Crippen LogP contribution in [0.3, 0.4) is 0 Å². The molecule has 7 nitrogen and oxygen atoms in total. The van der Waals surface area contributed by atoms with Crippen molar-refractivity contribution in [2.24, 2.45) is 0 Å². The number of rotatable bonds is 4. The number of piperazine rings is 2. The molecule has 0 unspecified atom stereocenters. The number of sulfonamides is 1. The molecule has 2 aliphatic heterocycles. The van der Waals surface area contributed by atoms with Crippen molar-refractivity contribution in [1.82, 2.24) is 19.0 Å². The van der Waals surface area contributed by atoms with E-state index in [1.54, 1.807) is 0 Å². The second kappa shape index (κ2) is 8.04. The second-order valence-corrected chi connectivity index (χ2v) is 9.22. The summed E-state index contributed by atoms with van der Waals surface area (Å²) in [4.78, 5) is 19.1. The Labute approximate surface area is 156 Å². The number of benzene rings is 1. The molecule has 1 aromatic rings. The largest absolute Gasteiger partial charge is 0.336 e. The van der Waals surface area contributed by atoms with E-state index in [2.05, 4.69) is 16.8 Å². The van der Waals surface area contributed by atoms with E-state index in [9.17, 15) is 13.2 Å². The van der Waals surface area contributed by atoms with E-state index in [4.69, 9.17) is 0 Å². The van der Waals surface area contributed by atoms with Crippen molar-refractivity contribution >= 4 is 15.9 Å². The lowest BCUT2D eigenvalue weighted by Gasteiger charge is -2.33. The van der Waals surface area contributed by atoms with Crippen LogP contribution in [0.25, 0.3) is 0 Å². The predicted octanol–water partition coefficient (Wildman–Crippen LogP) is 0.151. The highest BCUT2D eigenvalue weighted by Crippen LogP contribution is 2.14. The highest BCUT2D eigenvalue weighted by molar-refractivity contribution is 7.88. The number of likely N-dealkylation sites (N-methyl/N-ethyl adjacent to an activating group) is 1. The Morgan fingerprint density at radius 3 is 2.27 bits per heavy atom. The first-order valence-electron chi connectivity index (χ1n) is 9.07. The number of hydrogen-bond donors (Lipinski definition) is 0. The van der Waals surface area contributed by atoms with Gasteiger partial charge in [-0.1, -0.05) is 12.1 Å². The minimum absolute atomic E-state index is 0.0989. The Kier molecular flexibility index (Phi) is 5.96. The normalized spacial score (nSPS) is 21.1. The van der Waals surface area contributed by atoms with Gasteiger partial charge in [-0.2, -0.15) is 4.31 Å². The molecule has 2 saturated heterocycles. The molecule has 0 aliphatic carbocycles. The van der Waals surface area contributed by atoms with E-state index in [1.165, 1.54) is 10.6 Å². The Morgan fingerprint density at radius 2 is 1.65 bits per heavy atom. The summed E-state index contributed by atoms with van der Waals surface area (Å²) in [6.07, 6.45) is 1.26. The van der Waals surface area contributed by atoms with Crippen molar-refractivity contribution in [3.63, 3.8) is 0 Å². The van der Waals surface area contributed by atoms with Gasteiger partial charge in [-0.15, -0.1) is 0 Å². The molecule has 0 saturated carbocycles. The van der Waals surface area contributed by atoms with Crippen LogP contribution in [0.15, 0.2) is 24.3 Å². The average Bonchev–Trinajstić information content (AvgIpc) is 2.62. The molecular formula is C18H28N4O3S. The lowest BCUT2D eigenvalue weighted by atomic mass is 10.1. The first kappa shape index (κ1) is 19.3. The number of carbonyl (C=O) groups is 1. The summed E-state index contributed by atoms with van der Waals surface area (Å²) in [6.45, 7) is 6.58. The van der Waals surface area contributed by atoms with Crippen LogP contribution in [0.5, 0.6) is 0 Å². The summed E-state index contributed by atoms with van der Waals surface area (Å²) in [5.74, 6) is 0.0989. The standard InChI is InChI=1S/C18H28N4O3S/c1-19-6-10-21(11-7-19)18(23)17-5-3-4-16(14-17)15-20-8-12-22(13-9-20)26(2,24)25/h3-5,14H,6-13,15H2,1-2H3. The van der Waals surface area contributed by atoms with Crippen LogP contribution in [0.4, 0.5) is 0 Å².